The van der Waals surface area contributed by atoms with Crippen LogP contribution in [0.15, 0.2) is 36.7 Å². The fraction of sp³-hybridized carbons (Fsp3) is 0.368. The van der Waals surface area contributed by atoms with Crippen LogP contribution in [0.2, 0.25) is 0 Å². The number of carbonyl (C=O) groups excluding carboxylic acids is 1. The molecule has 0 amide bonds. The van der Waals surface area contributed by atoms with Crippen molar-refractivity contribution in [1.82, 2.24) is 19.5 Å². The number of nitrogens with zero attached hydrogens (tertiary/aromatic N) is 4. The van der Waals surface area contributed by atoms with E-state index in [4.69, 9.17) is 26.3 Å². The van der Waals surface area contributed by atoms with Crippen molar-refractivity contribution in [2.24, 2.45) is 11.8 Å². The molecular weight excluding hydrogens is 573 g/mol. The van der Waals surface area contributed by atoms with Gasteiger partial charge in [-0.1, -0.05) is 25.1 Å². The monoisotopic (exact) mass is 591 g/mol. The quantitative estimate of drug-likeness (QED) is 0.144. The zero-order valence-corrected chi connectivity index (χ0v) is 20.5. The van der Waals surface area contributed by atoms with Crippen molar-refractivity contribution in [2.45, 2.75) is 19.1 Å². The first-order chi connectivity index (χ1) is 15.2. The number of nitrogen functional groups attached to an aromatic ring is 1. The number of halogens is 2. The molecule has 4 rings (SSSR count). The molecule has 0 aliphatic heterocycles. The summed E-state index contributed by atoms with van der Waals surface area (Å²) in [6.45, 7) is 1.91. The van der Waals surface area contributed by atoms with Crippen LogP contribution >= 0.6 is 34.2 Å². The summed E-state index contributed by atoms with van der Waals surface area (Å²) in [7, 11) is -4.05. The number of carbonyl (C=O) groups is 1. The first-order valence-corrected chi connectivity index (χ1v) is 12.7. The van der Waals surface area contributed by atoms with Crippen LogP contribution in [0.25, 0.3) is 11.2 Å². The normalized spacial score (nSPS) is 23.1. The van der Waals surface area contributed by atoms with E-state index in [1.807, 2.05) is 29.5 Å². The molecule has 0 radical (unpaired) electrons. The lowest BCUT2D eigenvalue weighted by atomic mass is 9.67. The van der Waals surface area contributed by atoms with Crippen molar-refractivity contribution in [2.75, 3.05) is 17.6 Å². The Bertz CT molecular complexity index is 1270. The minimum atomic E-state index is -4.05. The number of nitrogens with two attached hydrogens (primary N) is 1. The third-order valence-corrected chi connectivity index (χ3v) is 7.96. The Kier molecular flexibility index (Phi) is 6.31. The largest absolute Gasteiger partial charge is 0.462 e. The summed E-state index contributed by atoms with van der Waals surface area (Å²) in [5.74, 6) is -0.966. The highest BCUT2D eigenvalue weighted by Crippen LogP contribution is 2.52. The molecule has 1 saturated carbocycles. The van der Waals surface area contributed by atoms with Crippen molar-refractivity contribution in [3.8, 4) is 0 Å². The van der Waals surface area contributed by atoms with Crippen molar-refractivity contribution in [3.63, 3.8) is 0 Å². The molecular formula is C19H19ClIN5O5S. The van der Waals surface area contributed by atoms with Gasteiger partial charge in [-0.25, -0.2) is 18.9 Å². The second kappa shape index (κ2) is 8.72. The fourth-order valence-electron chi connectivity index (χ4n) is 3.86. The average Bonchev–Trinajstić information content (AvgIpc) is 3.20. The standard InChI is InChI=1S/C19H19ClIN5O5S/c1-11-13(8-30-17(27)12-5-3-2-4-6-12)7-19(11,31-32(28,29)9-20)26-10-23-14-15(21)24-18(22)25-16(14)26/h2-6,10-11,13H,7-9H2,1H3,(H2,22,24,25). The van der Waals surface area contributed by atoms with Crippen molar-refractivity contribution in [3.05, 3.63) is 45.9 Å². The van der Waals surface area contributed by atoms with Crippen LogP contribution in [-0.4, -0.2) is 45.7 Å². The van der Waals surface area contributed by atoms with Gasteiger partial charge in [0.2, 0.25) is 5.95 Å². The van der Waals surface area contributed by atoms with Crippen LogP contribution in [0.4, 0.5) is 5.95 Å². The lowest BCUT2D eigenvalue weighted by Crippen LogP contribution is -2.58. The number of esters is 1. The highest BCUT2D eigenvalue weighted by atomic mass is 127. The number of hydrogen-bond donors (Lipinski definition) is 1. The number of rotatable bonds is 7. The summed E-state index contributed by atoms with van der Waals surface area (Å²) >= 11 is 7.59. The highest BCUT2D eigenvalue weighted by Gasteiger charge is 2.57. The summed E-state index contributed by atoms with van der Waals surface area (Å²) in [5.41, 5.74) is 5.72. The summed E-state index contributed by atoms with van der Waals surface area (Å²) in [6, 6.07) is 8.63. The molecule has 3 atom stereocenters. The molecule has 170 valence electrons. The molecule has 3 aromatic rings. The van der Waals surface area contributed by atoms with E-state index in [0.717, 1.165) is 0 Å². The molecule has 2 N–H and O–H groups in total. The number of fused-ring (bicyclic) bond motifs is 1. The Labute approximate surface area is 202 Å². The zero-order valence-electron chi connectivity index (χ0n) is 16.8. The van der Waals surface area contributed by atoms with Gasteiger partial charge < -0.3 is 10.5 Å². The number of imidazole rings is 1. The average molecular weight is 592 g/mol. The lowest BCUT2D eigenvalue weighted by molar-refractivity contribution is -0.177. The number of benzene rings is 1. The van der Waals surface area contributed by atoms with Crippen molar-refractivity contribution < 1.29 is 22.1 Å². The number of alkyl halides is 1. The van der Waals surface area contributed by atoms with Gasteiger partial charge in [-0.15, -0.1) is 11.6 Å². The molecule has 32 heavy (non-hydrogen) atoms. The Balaban J connectivity index is 1.63. The highest BCUT2D eigenvalue weighted by molar-refractivity contribution is 14.1. The number of anilines is 1. The number of hydrogen-bond acceptors (Lipinski definition) is 9. The summed E-state index contributed by atoms with van der Waals surface area (Å²) in [5, 5.41) is -0.712. The second-order valence-corrected chi connectivity index (χ2v) is 10.6. The predicted molar refractivity (Wildman–Crippen MR) is 125 cm³/mol. The molecule has 1 aliphatic rings. The maximum Gasteiger partial charge on any atom is 0.338 e. The van der Waals surface area contributed by atoms with Gasteiger partial charge in [0.25, 0.3) is 10.1 Å². The second-order valence-electron chi connectivity index (χ2n) is 7.47. The van der Waals surface area contributed by atoms with Gasteiger partial charge in [0.05, 0.1) is 18.5 Å². The minimum absolute atomic E-state index is 0.0271. The molecule has 0 saturated heterocycles. The Morgan fingerprint density at radius 1 is 1.34 bits per heavy atom. The Morgan fingerprint density at radius 2 is 2.06 bits per heavy atom. The van der Waals surface area contributed by atoms with E-state index in [0.29, 0.717) is 20.4 Å². The molecule has 1 fully saturated rings. The van der Waals surface area contributed by atoms with Crippen LogP contribution in [0.5, 0.6) is 0 Å². The first-order valence-electron chi connectivity index (χ1n) is 9.55. The predicted octanol–water partition coefficient (Wildman–Crippen LogP) is 2.72. The first kappa shape index (κ1) is 23.1. The Hall–Kier alpha value is -2.03. The van der Waals surface area contributed by atoms with Crippen LogP contribution in [0.1, 0.15) is 23.7 Å². The molecule has 1 aliphatic carbocycles. The number of aromatic nitrogens is 4. The molecule has 10 nitrogen and oxygen atoms in total. The SMILES string of the molecule is CC1C(COC(=O)c2ccccc2)CC1(OS(=O)(=O)CCl)n1cnc2c(I)nc(N)nc21. The van der Waals surface area contributed by atoms with Gasteiger partial charge in [0.1, 0.15) is 14.4 Å². The van der Waals surface area contributed by atoms with Gasteiger partial charge in [-0.05, 0) is 34.7 Å². The minimum Gasteiger partial charge on any atom is -0.462 e. The van der Waals surface area contributed by atoms with E-state index in [1.165, 1.54) is 6.33 Å². The third kappa shape index (κ3) is 4.16. The number of ether oxygens (including phenoxy) is 1. The molecule has 2 aromatic heterocycles. The van der Waals surface area contributed by atoms with Gasteiger partial charge in [0, 0.05) is 18.3 Å². The van der Waals surface area contributed by atoms with Crippen LogP contribution < -0.4 is 5.73 Å². The summed E-state index contributed by atoms with van der Waals surface area (Å²) in [4.78, 5) is 24.9. The molecule has 13 heteroatoms. The van der Waals surface area contributed by atoms with E-state index in [-0.39, 0.29) is 30.8 Å². The van der Waals surface area contributed by atoms with Crippen LogP contribution in [0, 0.1) is 15.5 Å². The topological polar surface area (TPSA) is 139 Å². The van der Waals surface area contributed by atoms with Crippen LogP contribution in [-0.2, 0) is 24.8 Å². The van der Waals surface area contributed by atoms with E-state index in [2.05, 4.69) is 15.0 Å². The maximum absolute atomic E-state index is 12.3. The van der Waals surface area contributed by atoms with Gasteiger partial charge >= 0.3 is 5.97 Å². The molecule has 1 aromatic carbocycles. The third-order valence-electron chi connectivity index (χ3n) is 5.59. The fourth-order valence-corrected chi connectivity index (χ4v) is 5.40. The zero-order chi connectivity index (χ0) is 23.1. The van der Waals surface area contributed by atoms with Gasteiger partial charge in [0.15, 0.2) is 11.4 Å². The van der Waals surface area contributed by atoms with Crippen molar-refractivity contribution >= 4 is 67.4 Å². The summed E-state index contributed by atoms with van der Waals surface area (Å²) < 4.78 is 37.8. The van der Waals surface area contributed by atoms with E-state index in [1.54, 1.807) is 34.9 Å². The molecule has 3 unspecified atom stereocenters. The Morgan fingerprint density at radius 3 is 2.72 bits per heavy atom. The maximum atomic E-state index is 12.3. The van der Waals surface area contributed by atoms with Gasteiger partial charge in [-0.2, -0.15) is 13.4 Å². The van der Waals surface area contributed by atoms with E-state index >= 15 is 0 Å². The lowest BCUT2D eigenvalue weighted by Gasteiger charge is -2.52. The van der Waals surface area contributed by atoms with Crippen molar-refractivity contribution in [1.29, 1.82) is 0 Å². The van der Waals surface area contributed by atoms with E-state index in [9.17, 15) is 13.2 Å². The van der Waals surface area contributed by atoms with E-state index < -0.39 is 27.0 Å². The molecule has 0 bridgehead atoms. The molecule has 0 spiro atoms. The smallest absolute Gasteiger partial charge is 0.338 e. The summed E-state index contributed by atoms with van der Waals surface area (Å²) in [6.07, 6.45) is 1.69. The molecule has 2 heterocycles. The van der Waals surface area contributed by atoms with Gasteiger partial charge in [-0.3, -0.25) is 4.57 Å². The van der Waals surface area contributed by atoms with Crippen LogP contribution in [0.3, 0.4) is 0 Å².